The lowest BCUT2D eigenvalue weighted by Crippen LogP contribution is -2.00. The Morgan fingerprint density at radius 3 is 2.21 bits per heavy atom. The van der Waals surface area contributed by atoms with Gasteiger partial charge in [-0.3, -0.25) is 4.79 Å². The van der Waals surface area contributed by atoms with Crippen molar-refractivity contribution in [3.8, 4) is 11.5 Å². The zero-order chi connectivity index (χ0) is 14.0. The van der Waals surface area contributed by atoms with E-state index in [0.717, 1.165) is 21.1 Å². The number of allylic oxidation sites excluding steroid dienone is 1. The van der Waals surface area contributed by atoms with Crippen LogP contribution in [0.5, 0.6) is 11.5 Å². The highest BCUT2D eigenvalue weighted by Gasteiger charge is 2.33. The summed E-state index contributed by atoms with van der Waals surface area (Å²) in [6.07, 6.45) is 4.60. The predicted octanol–water partition coefficient (Wildman–Crippen LogP) is 3.38. The highest BCUT2D eigenvalue weighted by atomic mass is 32.2. The van der Waals surface area contributed by atoms with E-state index in [2.05, 4.69) is 0 Å². The number of hydrogen-bond acceptors (Lipinski definition) is 5. The van der Waals surface area contributed by atoms with E-state index in [1.165, 1.54) is 0 Å². The molecular formula is C14H16O3S2. The van der Waals surface area contributed by atoms with Gasteiger partial charge in [0.05, 0.1) is 19.8 Å². The summed E-state index contributed by atoms with van der Waals surface area (Å²) in [4.78, 5) is 12.6. The normalized spacial score (nSPS) is 13.5. The van der Waals surface area contributed by atoms with E-state index in [1.807, 2.05) is 18.6 Å². The minimum absolute atomic E-state index is 0.0597. The molecule has 0 atom stereocenters. The third-order valence-electron chi connectivity index (χ3n) is 3.14. The van der Waals surface area contributed by atoms with Crippen LogP contribution in [0.3, 0.4) is 0 Å². The van der Waals surface area contributed by atoms with Gasteiger partial charge in [-0.25, -0.2) is 0 Å². The molecule has 19 heavy (non-hydrogen) atoms. The van der Waals surface area contributed by atoms with Crippen LogP contribution in [0.2, 0.25) is 0 Å². The van der Waals surface area contributed by atoms with Crippen molar-refractivity contribution in [3.05, 3.63) is 33.1 Å². The van der Waals surface area contributed by atoms with Crippen molar-refractivity contribution in [1.82, 2.24) is 0 Å². The molecule has 0 spiro atoms. The maximum Gasteiger partial charge on any atom is 0.195 e. The second kappa shape index (κ2) is 5.92. The Hall–Kier alpha value is -1.07. The summed E-state index contributed by atoms with van der Waals surface area (Å²) in [6, 6.07) is 3.64. The van der Waals surface area contributed by atoms with Gasteiger partial charge in [-0.1, -0.05) is 0 Å². The maximum atomic E-state index is 12.6. The molecule has 5 heteroatoms. The zero-order valence-electron chi connectivity index (χ0n) is 11.4. The Labute approximate surface area is 121 Å². The molecule has 0 saturated heterocycles. The molecule has 0 bridgehead atoms. The van der Waals surface area contributed by atoms with E-state index in [-0.39, 0.29) is 5.78 Å². The van der Waals surface area contributed by atoms with Crippen LogP contribution in [-0.4, -0.2) is 32.5 Å². The fourth-order valence-corrected chi connectivity index (χ4v) is 3.78. The Balaban J connectivity index is 2.62. The predicted molar refractivity (Wildman–Crippen MR) is 81.6 cm³/mol. The number of carbonyl (C=O) groups excluding carboxylic acids is 1. The Bertz CT molecular complexity index is 544. The first-order valence-corrected chi connectivity index (χ1v) is 8.22. The Kier molecular flexibility index (Phi) is 4.47. The molecule has 2 rings (SSSR count). The molecule has 3 nitrogen and oxygen atoms in total. The van der Waals surface area contributed by atoms with Crippen LogP contribution in [0, 0.1) is 0 Å². The lowest BCUT2D eigenvalue weighted by Gasteiger charge is -2.09. The fraction of sp³-hybridized carbons (Fsp3) is 0.357. The lowest BCUT2D eigenvalue weighted by molar-refractivity contribution is 0.103. The van der Waals surface area contributed by atoms with Gasteiger partial charge in [0.25, 0.3) is 0 Å². The number of methoxy groups -OCH3 is 2. The van der Waals surface area contributed by atoms with E-state index < -0.39 is 0 Å². The highest BCUT2D eigenvalue weighted by molar-refractivity contribution is 8.21. The van der Waals surface area contributed by atoms with Crippen LogP contribution in [0.25, 0.3) is 0 Å². The third-order valence-corrected chi connectivity index (χ3v) is 5.38. The molecule has 1 aromatic rings. The summed E-state index contributed by atoms with van der Waals surface area (Å²) in [6.45, 7) is 0. The number of fused-ring (bicyclic) bond motifs is 1. The van der Waals surface area contributed by atoms with Crippen molar-refractivity contribution in [2.24, 2.45) is 0 Å². The smallest absolute Gasteiger partial charge is 0.195 e. The quantitative estimate of drug-likeness (QED) is 0.796. The van der Waals surface area contributed by atoms with Crippen molar-refractivity contribution in [3.63, 3.8) is 0 Å². The highest BCUT2D eigenvalue weighted by Crippen LogP contribution is 2.43. The fourth-order valence-electron chi connectivity index (χ4n) is 2.30. The van der Waals surface area contributed by atoms with Crippen molar-refractivity contribution < 1.29 is 14.3 Å². The summed E-state index contributed by atoms with van der Waals surface area (Å²) < 4.78 is 11.7. The van der Waals surface area contributed by atoms with Gasteiger partial charge in [0.1, 0.15) is 11.5 Å². The first-order chi connectivity index (χ1) is 9.17. The number of hydrogen-bond donors (Lipinski definition) is 0. The van der Waals surface area contributed by atoms with E-state index in [9.17, 15) is 4.79 Å². The first kappa shape index (κ1) is 14.3. The van der Waals surface area contributed by atoms with E-state index in [0.29, 0.717) is 17.7 Å². The molecule has 0 amide bonds. The molecule has 0 saturated carbocycles. The zero-order valence-corrected chi connectivity index (χ0v) is 13.0. The maximum absolute atomic E-state index is 12.6. The average Bonchev–Trinajstić information content (AvgIpc) is 2.78. The van der Waals surface area contributed by atoms with Crippen molar-refractivity contribution in [2.75, 3.05) is 26.7 Å². The minimum atomic E-state index is 0.0597. The van der Waals surface area contributed by atoms with Gasteiger partial charge >= 0.3 is 0 Å². The molecule has 0 unspecified atom stereocenters. The molecule has 1 aromatic carbocycles. The molecule has 0 fully saturated rings. The largest absolute Gasteiger partial charge is 0.496 e. The molecule has 1 aliphatic rings. The molecule has 0 radical (unpaired) electrons. The van der Waals surface area contributed by atoms with Crippen LogP contribution in [0.15, 0.2) is 21.9 Å². The van der Waals surface area contributed by atoms with Crippen LogP contribution < -0.4 is 9.47 Å². The second-order valence-corrected chi connectivity index (χ2v) is 5.90. The number of ketones is 1. The van der Waals surface area contributed by atoms with E-state index in [1.54, 1.807) is 43.8 Å². The molecule has 0 aliphatic heterocycles. The first-order valence-electron chi connectivity index (χ1n) is 5.77. The van der Waals surface area contributed by atoms with Crippen LogP contribution in [-0.2, 0) is 6.42 Å². The van der Waals surface area contributed by atoms with Gasteiger partial charge in [0.15, 0.2) is 5.78 Å². The second-order valence-electron chi connectivity index (χ2n) is 4.00. The van der Waals surface area contributed by atoms with Gasteiger partial charge < -0.3 is 9.47 Å². The Morgan fingerprint density at radius 2 is 1.68 bits per heavy atom. The monoisotopic (exact) mass is 296 g/mol. The van der Waals surface area contributed by atoms with Gasteiger partial charge in [-0.2, -0.15) is 0 Å². The summed E-state index contributed by atoms with van der Waals surface area (Å²) in [5.74, 6) is 1.43. The van der Waals surface area contributed by atoms with Crippen LogP contribution in [0.1, 0.15) is 15.9 Å². The number of carbonyl (C=O) groups is 1. The van der Waals surface area contributed by atoms with E-state index >= 15 is 0 Å². The van der Waals surface area contributed by atoms with Gasteiger partial charge in [0.2, 0.25) is 0 Å². The van der Waals surface area contributed by atoms with Crippen molar-refractivity contribution in [1.29, 1.82) is 0 Å². The number of benzene rings is 1. The minimum Gasteiger partial charge on any atom is -0.496 e. The lowest BCUT2D eigenvalue weighted by atomic mass is 10.1. The number of thioether (sulfide) groups is 2. The Morgan fingerprint density at radius 1 is 1.11 bits per heavy atom. The van der Waals surface area contributed by atoms with Crippen molar-refractivity contribution >= 4 is 29.3 Å². The van der Waals surface area contributed by atoms with Gasteiger partial charge in [0, 0.05) is 21.8 Å². The summed E-state index contributed by atoms with van der Waals surface area (Å²) in [7, 11) is 3.21. The molecule has 1 aliphatic carbocycles. The summed E-state index contributed by atoms with van der Waals surface area (Å²) in [5.41, 5.74) is 2.43. The summed E-state index contributed by atoms with van der Waals surface area (Å²) in [5, 5.41) is 0. The summed E-state index contributed by atoms with van der Waals surface area (Å²) >= 11 is 3.22. The molecule has 102 valence electrons. The van der Waals surface area contributed by atoms with Crippen LogP contribution >= 0.6 is 23.5 Å². The van der Waals surface area contributed by atoms with Gasteiger partial charge in [-0.15, -0.1) is 23.5 Å². The van der Waals surface area contributed by atoms with E-state index in [4.69, 9.17) is 9.47 Å². The third kappa shape index (κ3) is 2.37. The van der Waals surface area contributed by atoms with Gasteiger partial charge in [-0.05, 0) is 24.6 Å². The standard InChI is InChI=1S/C14H16O3S2/c1-16-10-5-6-11(17-2)12-8(10)7-9(13(12)15)14(18-3)19-4/h5-6H,7H2,1-4H3. The number of Topliss-reactive ketones (excluding diaryl/α,β-unsaturated/α-hetero) is 1. The van der Waals surface area contributed by atoms with Crippen molar-refractivity contribution in [2.45, 2.75) is 6.42 Å². The molecule has 0 heterocycles. The number of ether oxygens (including phenoxy) is 2. The topological polar surface area (TPSA) is 35.5 Å². The molecular weight excluding hydrogens is 280 g/mol. The SMILES string of the molecule is COc1ccc(OC)c2c1CC(=C(SC)SC)C2=O. The molecule has 0 N–H and O–H groups in total. The average molecular weight is 296 g/mol. The molecule has 0 aromatic heterocycles. The van der Waals surface area contributed by atoms with Crippen LogP contribution in [0.4, 0.5) is 0 Å². The number of rotatable bonds is 4.